The number of benzene rings is 1. The summed E-state index contributed by atoms with van der Waals surface area (Å²) >= 11 is 0. The Morgan fingerprint density at radius 3 is 2.41 bits per heavy atom. The molecule has 0 aliphatic rings. The van der Waals surface area contributed by atoms with Crippen molar-refractivity contribution in [2.24, 2.45) is 0 Å². The predicted octanol–water partition coefficient (Wildman–Crippen LogP) is 1.87. The summed E-state index contributed by atoms with van der Waals surface area (Å²) in [4.78, 5) is 24.5. The van der Waals surface area contributed by atoms with Crippen LogP contribution in [0.4, 0.5) is 18.9 Å². The van der Waals surface area contributed by atoms with Crippen LogP contribution < -0.4 is 5.32 Å². The highest BCUT2D eigenvalue weighted by Gasteiger charge is 2.33. The van der Waals surface area contributed by atoms with E-state index in [4.69, 9.17) is 0 Å². The topological polar surface area (TPSA) is 69.6 Å². The number of hydrogen-bond acceptors (Lipinski definition) is 3. The predicted molar refractivity (Wildman–Crippen MR) is 74.0 cm³/mol. The fraction of sp³-hybridized carbons (Fsp3) is 0.429. The number of amides is 2. The summed E-state index contributed by atoms with van der Waals surface area (Å²) in [7, 11) is 0. The number of anilines is 1. The molecule has 0 saturated carbocycles. The molecule has 1 atom stereocenters. The van der Waals surface area contributed by atoms with E-state index in [1.807, 2.05) is 0 Å². The third-order valence-corrected chi connectivity index (χ3v) is 2.89. The third-order valence-electron chi connectivity index (χ3n) is 2.89. The van der Waals surface area contributed by atoms with Crippen molar-refractivity contribution in [3.8, 4) is 0 Å². The van der Waals surface area contributed by atoms with Crippen molar-refractivity contribution in [3.63, 3.8) is 0 Å². The molecule has 0 spiro atoms. The maximum absolute atomic E-state index is 12.8. The Hall–Kier alpha value is -2.09. The van der Waals surface area contributed by atoms with E-state index in [0.717, 1.165) is 17.0 Å². The molecule has 122 valence electrons. The van der Waals surface area contributed by atoms with Crippen LogP contribution in [0.25, 0.3) is 0 Å². The van der Waals surface area contributed by atoms with Gasteiger partial charge in [-0.05, 0) is 26.0 Å². The van der Waals surface area contributed by atoms with Gasteiger partial charge in [-0.2, -0.15) is 13.2 Å². The van der Waals surface area contributed by atoms with E-state index in [-0.39, 0.29) is 12.2 Å². The smallest absolute Gasteiger partial charge is 0.384 e. The van der Waals surface area contributed by atoms with Gasteiger partial charge in [-0.15, -0.1) is 0 Å². The second-order valence-electron chi connectivity index (χ2n) is 4.62. The van der Waals surface area contributed by atoms with Crippen LogP contribution >= 0.6 is 0 Å². The van der Waals surface area contributed by atoms with Crippen molar-refractivity contribution < 1.29 is 27.9 Å². The molecule has 0 aliphatic carbocycles. The minimum atomic E-state index is -4.59. The number of likely N-dealkylation sites (N-methyl/N-ethyl adjacent to an activating group) is 1. The Morgan fingerprint density at radius 1 is 1.32 bits per heavy atom. The summed E-state index contributed by atoms with van der Waals surface area (Å²) in [5, 5.41) is 11.3. The van der Waals surface area contributed by atoms with Gasteiger partial charge in [0.15, 0.2) is 0 Å². The SMILES string of the molecule is CCN(CC(=O)Nc1ccccc1C(F)(F)F)C(=O)C(C)O. The first-order chi connectivity index (χ1) is 10.2. The molecular weight excluding hydrogens is 301 g/mol. The normalized spacial score (nSPS) is 12.6. The molecule has 1 unspecified atom stereocenters. The number of nitrogens with one attached hydrogen (secondary N) is 1. The van der Waals surface area contributed by atoms with Gasteiger partial charge in [0.2, 0.25) is 5.91 Å². The summed E-state index contributed by atoms with van der Waals surface area (Å²) in [5.41, 5.74) is -1.34. The lowest BCUT2D eigenvalue weighted by atomic mass is 10.1. The average Bonchev–Trinajstić information content (AvgIpc) is 2.43. The summed E-state index contributed by atoms with van der Waals surface area (Å²) in [6.07, 6.45) is -5.88. The zero-order valence-corrected chi connectivity index (χ0v) is 12.1. The summed E-state index contributed by atoms with van der Waals surface area (Å²) in [6.45, 7) is 2.56. The highest BCUT2D eigenvalue weighted by Crippen LogP contribution is 2.34. The Bertz CT molecular complexity index is 544. The number of hydrogen-bond donors (Lipinski definition) is 2. The van der Waals surface area contributed by atoms with E-state index in [1.165, 1.54) is 19.1 Å². The van der Waals surface area contributed by atoms with Crippen molar-refractivity contribution in [3.05, 3.63) is 29.8 Å². The second-order valence-corrected chi connectivity index (χ2v) is 4.62. The minimum Gasteiger partial charge on any atom is -0.384 e. The van der Waals surface area contributed by atoms with Crippen molar-refractivity contribution in [1.29, 1.82) is 0 Å². The van der Waals surface area contributed by atoms with Gasteiger partial charge >= 0.3 is 6.18 Å². The second kappa shape index (κ2) is 7.26. The Morgan fingerprint density at radius 2 is 1.91 bits per heavy atom. The zero-order valence-electron chi connectivity index (χ0n) is 12.1. The quantitative estimate of drug-likeness (QED) is 0.871. The molecule has 1 aromatic rings. The van der Waals surface area contributed by atoms with Gasteiger partial charge in [0.1, 0.15) is 6.10 Å². The Kier molecular flexibility index (Phi) is 5.92. The zero-order chi connectivity index (χ0) is 16.9. The number of halogens is 3. The van der Waals surface area contributed by atoms with E-state index in [2.05, 4.69) is 5.32 Å². The van der Waals surface area contributed by atoms with E-state index >= 15 is 0 Å². The van der Waals surface area contributed by atoms with Gasteiger partial charge in [-0.1, -0.05) is 12.1 Å². The van der Waals surface area contributed by atoms with Crippen LogP contribution in [0.5, 0.6) is 0 Å². The molecule has 22 heavy (non-hydrogen) atoms. The average molecular weight is 318 g/mol. The summed E-state index contributed by atoms with van der Waals surface area (Å²) < 4.78 is 38.4. The molecule has 8 heteroatoms. The van der Waals surface area contributed by atoms with E-state index in [9.17, 15) is 27.9 Å². The first-order valence-corrected chi connectivity index (χ1v) is 6.59. The fourth-order valence-corrected chi connectivity index (χ4v) is 1.81. The number of nitrogens with zero attached hydrogens (tertiary/aromatic N) is 1. The fourth-order valence-electron chi connectivity index (χ4n) is 1.81. The maximum Gasteiger partial charge on any atom is 0.418 e. The van der Waals surface area contributed by atoms with Crippen molar-refractivity contribution in [2.45, 2.75) is 26.1 Å². The highest BCUT2D eigenvalue weighted by molar-refractivity contribution is 5.95. The minimum absolute atomic E-state index is 0.151. The third kappa shape index (κ3) is 4.73. The molecule has 2 amide bonds. The number of rotatable bonds is 5. The van der Waals surface area contributed by atoms with Crippen LogP contribution in [0.2, 0.25) is 0 Å². The molecule has 1 aromatic carbocycles. The first kappa shape index (κ1) is 18.0. The molecule has 0 radical (unpaired) electrons. The number of carbonyl (C=O) groups excluding carboxylic acids is 2. The molecule has 0 aliphatic heterocycles. The lowest BCUT2D eigenvalue weighted by Gasteiger charge is -2.22. The number of aliphatic hydroxyl groups excluding tert-OH is 1. The largest absolute Gasteiger partial charge is 0.418 e. The number of alkyl halides is 3. The molecular formula is C14H17F3N2O3. The van der Waals surface area contributed by atoms with Crippen LogP contribution in [0.15, 0.2) is 24.3 Å². The van der Waals surface area contributed by atoms with Crippen molar-refractivity contribution in [2.75, 3.05) is 18.4 Å². The lowest BCUT2D eigenvalue weighted by molar-refractivity contribution is -0.141. The van der Waals surface area contributed by atoms with Gasteiger partial charge in [-0.25, -0.2) is 0 Å². The summed E-state index contributed by atoms with van der Waals surface area (Å²) in [5.74, 6) is -1.44. The Balaban J connectivity index is 2.84. The van der Waals surface area contributed by atoms with Crippen LogP contribution in [-0.2, 0) is 15.8 Å². The van der Waals surface area contributed by atoms with Crippen molar-refractivity contribution >= 4 is 17.5 Å². The van der Waals surface area contributed by atoms with Crippen LogP contribution in [-0.4, -0.2) is 41.0 Å². The highest BCUT2D eigenvalue weighted by atomic mass is 19.4. The first-order valence-electron chi connectivity index (χ1n) is 6.59. The summed E-state index contributed by atoms with van der Waals surface area (Å²) in [6, 6.07) is 4.57. The van der Waals surface area contributed by atoms with E-state index in [1.54, 1.807) is 6.92 Å². The molecule has 0 saturated heterocycles. The monoisotopic (exact) mass is 318 g/mol. The lowest BCUT2D eigenvalue weighted by Crippen LogP contribution is -2.42. The molecule has 1 rings (SSSR count). The number of aliphatic hydroxyl groups is 1. The van der Waals surface area contributed by atoms with Crippen molar-refractivity contribution in [1.82, 2.24) is 4.90 Å². The van der Waals surface area contributed by atoms with Gasteiger partial charge in [0.05, 0.1) is 17.8 Å². The van der Waals surface area contributed by atoms with E-state index < -0.39 is 36.2 Å². The molecule has 0 heterocycles. The van der Waals surface area contributed by atoms with Gasteiger partial charge in [0.25, 0.3) is 5.91 Å². The molecule has 2 N–H and O–H groups in total. The van der Waals surface area contributed by atoms with Crippen LogP contribution in [0.1, 0.15) is 19.4 Å². The molecule has 0 fully saturated rings. The molecule has 5 nitrogen and oxygen atoms in total. The molecule has 0 bridgehead atoms. The van der Waals surface area contributed by atoms with Crippen LogP contribution in [0, 0.1) is 0 Å². The maximum atomic E-state index is 12.8. The van der Waals surface area contributed by atoms with Gasteiger partial charge in [0, 0.05) is 6.54 Å². The van der Waals surface area contributed by atoms with E-state index in [0.29, 0.717) is 0 Å². The Labute approximate surface area is 125 Å². The van der Waals surface area contributed by atoms with Gasteiger partial charge in [-0.3, -0.25) is 9.59 Å². The van der Waals surface area contributed by atoms with Gasteiger partial charge < -0.3 is 15.3 Å². The van der Waals surface area contributed by atoms with Crippen LogP contribution in [0.3, 0.4) is 0 Å². The standard InChI is InChI=1S/C14H17F3N2O3/c1-3-19(13(22)9(2)20)8-12(21)18-11-7-5-4-6-10(11)14(15,16)17/h4-7,9,20H,3,8H2,1-2H3,(H,18,21). The molecule has 0 aromatic heterocycles. The number of para-hydroxylation sites is 1. The number of carbonyl (C=O) groups is 2.